The number of hydrogen-bond donors (Lipinski definition) is 2. The van der Waals surface area contributed by atoms with Gasteiger partial charge in [0.2, 0.25) is 0 Å². The van der Waals surface area contributed by atoms with Gasteiger partial charge in [-0.15, -0.1) is 0 Å². The highest BCUT2D eigenvalue weighted by Gasteiger charge is 2.60. The van der Waals surface area contributed by atoms with Crippen molar-refractivity contribution in [3.63, 3.8) is 0 Å². The summed E-state index contributed by atoms with van der Waals surface area (Å²) < 4.78 is 74.6. The Morgan fingerprint density at radius 2 is 1.50 bits per heavy atom. The Balaban J connectivity index is 4.78. The Morgan fingerprint density at radius 3 is 1.75 bits per heavy atom. The second-order valence-electron chi connectivity index (χ2n) is 3.72. The van der Waals surface area contributed by atoms with Crippen molar-refractivity contribution in [3.8, 4) is 0 Å². The summed E-state index contributed by atoms with van der Waals surface area (Å²) in [7, 11) is -5.13. The van der Waals surface area contributed by atoms with Gasteiger partial charge in [0.15, 0.2) is 0 Å². The number of rotatable bonds is 4. The summed E-state index contributed by atoms with van der Waals surface area (Å²) in [5.41, 5.74) is -2.31. The van der Waals surface area contributed by atoms with E-state index in [1.165, 1.54) is 0 Å². The summed E-state index contributed by atoms with van der Waals surface area (Å²) in [4.78, 5) is 16.6. The van der Waals surface area contributed by atoms with Gasteiger partial charge in [-0.3, -0.25) is 4.52 Å². The Bertz CT molecular complexity index is 294. The molecule has 0 aliphatic rings. The lowest BCUT2D eigenvalue weighted by Gasteiger charge is -2.30. The van der Waals surface area contributed by atoms with E-state index in [-0.39, 0.29) is 0 Å². The van der Waals surface area contributed by atoms with Gasteiger partial charge in [0.1, 0.15) is 0 Å². The lowest BCUT2D eigenvalue weighted by atomic mass is 10.00. The predicted octanol–water partition coefficient (Wildman–Crippen LogP) is 2.46. The normalized spacial score (nSPS) is 15.3. The standard InChI is InChI=1S/C6H10F5O4P/c1-4(2,15-16(12,13)14)3-5(7,8)6(9,10)11/h3H2,1-2H3,(H2,12,13,14). The fourth-order valence-electron chi connectivity index (χ4n) is 0.989. The highest BCUT2D eigenvalue weighted by Crippen LogP contribution is 2.47. The molecule has 0 aromatic carbocycles. The highest BCUT2D eigenvalue weighted by molar-refractivity contribution is 7.46. The Morgan fingerprint density at radius 1 is 1.12 bits per heavy atom. The van der Waals surface area contributed by atoms with E-state index in [4.69, 9.17) is 9.79 Å². The van der Waals surface area contributed by atoms with Crippen molar-refractivity contribution in [2.24, 2.45) is 0 Å². The maximum absolute atomic E-state index is 12.5. The van der Waals surface area contributed by atoms with Crippen molar-refractivity contribution in [1.82, 2.24) is 0 Å². The van der Waals surface area contributed by atoms with Crippen LogP contribution in [0.4, 0.5) is 22.0 Å². The van der Waals surface area contributed by atoms with Gasteiger partial charge in [-0.25, -0.2) is 4.57 Å². The zero-order valence-corrected chi connectivity index (χ0v) is 9.15. The summed E-state index contributed by atoms with van der Waals surface area (Å²) in [6, 6.07) is 0. The third-order valence-corrected chi connectivity index (χ3v) is 2.16. The van der Waals surface area contributed by atoms with Crippen LogP contribution in [0.2, 0.25) is 0 Å². The third kappa shape index (κ3) is 5.20. The Labute approximate surface area is 87.6 Å². The molecule has 0 aliphatic carbocycles. The molecule has 0 unspecified atom stereocenters. The fourth-order valence-corrected chi connectivity index (χ4v) is 1.70. The van der Waals surface area contributed by atoms with Gasteiger partial charge < -0.3 is 9.79 Å². The summed E-state index contributed by atoms with van der Waals surface area (Å²) in [5, 5.41) is 0. The monoisotopic (exact) mass is 272 g/mol. The topological polar surface area (TPSA) is 66.8 Å². The number of alkyl halides is 5. The first-order chi connectivity index (χ1) is 6.66. The Kier molecular flexibility index (Phi) is 4.15. The molecule has 0 saturated carbocycles. The number of halogens is 5. The summed E-state index contributed by atoms with van der Waals surface area (Å²) in [6.45, 7) is 1.46. The van der Waals surface area contributed by atoms with Crippen LogP contribution in [0.15, 0.2) is 0 Å². The molecule has 0 saturated heterocycles. The van der Waals surface area contributed by atoms with Crippen molar-refractivity contribution in [2.75, 3.05) is 0 Å². The molecule has 0 bridgehead atoms. The van der Waals surface area contributed by atoms with E-state index >= 15 is 0 Å². The summed E-state index contributed by atoms with van der Waals surface area (Å²) in [5.74, 6) is -5.08. The number of phosphoric acid groups is 1. The molecule has 4 nitrogen and oxygen atoms in total. The van der Waals surface area contributed by atoms with Crippen LogP contribution in [0, 0.1) is 0 Å². The maximum Gasteiger partial charge on any atom is 0.470 e. The first kappa shape index (κ1) is 15.8. The van der Waals surface area contributed by atoms with Crippen LogP contribution in [0.25, 0.3) is 0 Å². The highest BCUT2D eigenvalue weighted by atomic mass is 31.2. The van der Waals surface area contributed by atoms with E-state index in [1.807, 2.05) is 0 Å². The van der Waals surface area contributed by atoms with E-state index in [2.05, 4.69) is 4.52 Å². The van der Waals surface area contributed by atoms with Gasteiger partial charge in [0.25, 0.3) is 0 Å². The van der Waals surface area contributed by atoms with Crippen molar-refractivity contribution >= 4 is 7.82 Å². The molecule has 16 heavy (non-hydrogen) atoms. The molecule has 0 amide bonds. The van der Waals surface area contributed by atoms with Gasteiger partial charge in [0.05, 0.1) is 5.60 Å². The molecule has 0 aliphatic heterocycles. The second kappa shape index (κ2) is 4.21. The maximum atomic E-state index is 12.5. The first-order valence-corrected chi connectivity index (χ1v) is 5.40. The molecule has 0 rings (SSSR count). The van der Waals surface area contributed by atoms with Crippen molar-refractivity contribution in [3.05, 3.63) is 0 Å². The van der Waals surface area contributed by atoms with E-state index < -0.39 is 31.9 Å². The van der Waals surface area contributed by atoms with Crippen LogP contribution >= 0.6 is 7.82 Å². The Hall–Kier alpha value is -0.240. The lowest BCUT2D eigenvalue weighted by Crippen LogP contribution is -2.43. The van der Waals surface area contributed by atoms with Crippen molar-refractivity contribution in [1.29, 1.82) is 0 Å². The van der Waals surface area contributed by atoms with Crippen LogP contribution in [-0.4, -0.2) is 27.5 Å². The van der Waals surface area contributed by atoms with Gasteiger partial charge in [0, 0.05) is 6.42 Å². The zero-order valence-electron chi connectivity index (χ0n) is 8.26. The molecule has 98 valence electrons. The molecule has 0 atom stereocenters. The van der Waals surface area contributed by atoms with E-state index in [0.717, 1.165) is 13.8 Å². The fraction of sp³-hybridized carbons (Fsp3) is 1.00. The molecule has 0 fully saturated rings. The predicted molar refractivity (Wildman–Crippen MR) is 42.8 cm³/mol. The van der Waals surface area contributed by atoms with Gasteiger partial charge in [-0.2, -0.15) is 22.0 Å². The van der Waals surface area contributed by atoms with Crippen LogP contribution in [-0.2, 0) is 9.09 Å². The van der Waals surface area contributed by atoms with Gasteiger partial charge in [-0.1, -0.05) is 0 Å². The largest absolute Gasteiger partial charge is 0.470 e. The molecular formula is C6H10F5O4P. The smallest absolute Gasteiger partial charge is 0.303 e. The molecule has 0 spiro atoms. The summed E-state index contributed by atoms with van der Waals surface area (Å²) in [6.07, 6.45) is -7.67. The van der Waals surface area contributed by atoms with Crippen LogP contribution in [0.5, 0.6) is 0 Å². The number of hydrogen-bond acceptors (Lipinski definition) is 2. The minimum atomic E-state index is -5.79. The van der Waals surface area contributed by atoms with E-state index in [0.29, 0.717) is 0 Å². The van der Waals surface area contributed by atoms with Gasteiger partial charge in [-0.05, 0) is 13.8 Å². The molecule has 0 aromatic heterocycles. The van der Waals surface area contributed by atoms with Crippen molar-refractivity contribution in [2.45, 2.75) is 38.0 Å². The van der Waals surface area contributed by atoms with Crippen molar-refractivity contribution < 1.29 is 40.8 Å². The molecular weight excluding hydrogens is 262 g/mol. The summed E-state index contributed by atoms with van der Waals surface area (Å²) >= 11 is 0. The average Bonchev–Trinajstić information content (AvgIpc) is 1.72. The first-order valence-electron chi connectivity index (χ1n) is 3.87. The third-order valence-electron chi connectivity index (χ3n) is 1.43. The van der Waals surface area contributed by atoms with Crippen LogP contribution in [0.3, 0.4) is 0 Å². The lowest BCUT2D eigenvalue weighted by molar-refractivity contribution is -0.294. The average molecular weight is 272 g/mol. The molecule has 0 radical (unpaired) electrons. The van der Waals surface area contributed by atoms with Crippen LogP contribution < -0.4 is 0 Å². The van der Waals surface area contributed by atoms with E-state index in [1.54, 1.807) is 0 Å². The SMILES string of the molecule is CC(C)(CC(F)(F)C(F)(F)F)OP(=O)(O)O. The second-order valence-corrected chi connectivity index (χ2v) is 4.88. The molecule has 10 heteroatoms. The minimum absolute atomic E-state index is 0.728. The quantitative estimate of drug-likeness (QED) is 0.609. The molecule has 0 aromatic rings. The van der Waals surface area contributed by atoms with Gasteiger partial charge >= 0.3 is 19.9 Å². The minimum Gasteiger partial charge on any atom is -0.303 e. The number of phosphoric ester groups is 1. The van der Waals surface area contributed by atoms with E-state index in [9.17, 15) is 26.5 Å². The molecule has 2 N–H and O–H groups in total. The molecule has 0 heterocycles. The van der Waals surface area contributed by atoms with Crippen LogP contribution in [0.1, 0.15) is 20.3 Å². The zero-order chi connectivity index (χ0) is 13.4.